The minimum absolute atomic E-state index is 1.08. The minimum atomic E-state index is 1.08. The highest BCUT2D eigenvalue weighted by Gasteiger charge is 2.25. The summed E-state index contributed by atoms with van der Waals surface area (Å²) in [6.45, 7) is 0. The van der Waals surface area contributed by atoms with Gasteiger partial charge in [-0.1, -0.05) is 194 Å². The van der Waals surface area contributed by atoms with Crippen LogP contribution in [-0.4, -0.2) is 0 Å². The maximum absolute atomic E-state index is 2.47. The van der Waals surface area contributed by atoms with Crippen molar-refractivity contribution in [3.05, 3.63) is 279 Å². The summed E-state index contributed by atoms with van der Waals surface area (Å²) in [5.74, 6) is 0. The molecule has 0 N–H and O–H groups in total. The van der Waals surface area contributed by atoms with Gasteiger partial charge in [0, 0.05) is 34.1 Å². The number of anilines is 6. The summed E-state index contributed by atoms with van der Waals surface area (Å²) in [5.41, 5.74) is 11.4. The molecule has 0 aromatic heterocycles. The highest BCUT2D eigenvalue weighted by atomic mass is 15.1. The molecule has 0 bridgehead atoms. The molecule has 2 heteroatoms. The Balaban J connectivity index is 1.17. The Morgan fingerprint density at radius 1 is 0.167 bits per heavy atom. The second-order valence-electron chi connectivity index (χ2n) is 18.8. The summed E-state index contributed by atoms with van der Waals surface area (Å²) < 4.78 is 0. The third-order valence-corrected chi connectivity index (χ3v) is 14.7. The number of para-hydroxylation sites is 3. The van der Waals surface area contributed by atoms with Crippen LogP contribution < -0.4 is 9.80 Å². The summed E-state index contributed by atoms with van der Waals surface area (Å²) >= 11 is 0. The van der Waals surface area contributed by atoms with Gasteiger partial charge in [0.05, 0.1) is 0 Å². The van der Waals surface area contributed by atoms with Crippen LogP contribution in [0.1, 0.15) is 0 Å². The van der Waals surface area contributed by atoms with Crippen LogP contribution in [-0.2, 0) is 0 Å². The van der Waals surface area contributed by atoms with Crippen molar-refractivity contribution in [2.75, 3.05) is 9.80 Å². The van der Waals surface area contributed by atoms with Gasteiger partial charge in [0.25, 0.3) is 0 Å². The molecule has 0 aliphatic rings. The largest absolute Gasteiger partial charge is 0.310 e. The fraction of sp³-hybridized carbons (Fsp3) is 0. The summed E-state index contributed by atoms with van der Waals surface area (Å²) in [7, 11) is 0. The number of hydrogen-bond acceptors (Lipinski definition) is 2. The highest BCUT2D eigenvalue weighted by Crippen LogP contribution is 2.52. The standard InChI is InChI=1S/C70H46N2/c1-4-24-51(25-5-1)71(52-26-6-2-7-27-52)55-38-40-63-67(45-55)69(65-43-49-22-12-14-30-57(49)59-32-16-18-34-61(59)65)64-41-39-56(72(53-28-8-3-9-29-53)54-37-36-47-20-10-11-21-48(47)42-54)46-68(64)70(63)66-44-50-23-13-15-31-58(50)60-33-17-19-35-62(60)66/h1-46H. The molecule has 0 amide bonds. The van der Waals surface area contributed by atoms with E-state index in [0.29, 0.717) is 0 Å². The first-order chi connectivity index (χ1) is 35.7. The predicted molar refractivity (Wildman–Crippen MR) is 309 cm³/mol. The summed E-state index contributed by atoms with van der Waals surface area (Å²) in [5, 5.41) is 17.0. The van der Waals surface area contributed by atoms with Crippen molar-refractivity contribution in [3.8, 4) is 22.3 Å². The Hall–Kier alpha value is -9.50. The van der Waals surface area contributed by atoms with Crippen molar-refractivity contribution in [2.24, 2.45) is 0 Å². The van der Waals surface area contributed by atoms with E-state index in [0.717, 1.165) is 34.1 Å². The molecule has 0 spiro atoms. The van der Waals surface area contributed by atoms with Crippen molar-refractivity contribution in [1.82, 2.24) is 0 Å². The molecular formula is C70H46N2. The van der Waals surface area contributed by atoms with Crippen LogP contribution in [0.5, 0.6) is 0 Å². The lowest BCUT2D eigenvalue weighted by Gasteiger charge is -2.28. The maximum Gasteiger partial charge on any atom is 0.0468 e. The molecule has 14 aromatic carbocycles. The minimum Gasteiger partial charge on any atom is -0.310 e. The van der Waals surface area contributed by atoms with Crippen molar-refractivity contribution < 1.29 is 0 Å². The molecule has 0 unspecified atom stereocenters. The van der Waals surface area contributed by atoms with Crippen LogP contribution in [0.4, 0.5) is 34.1 Å². The molecule has 0 atom stereocenters. The van der Waals surface area contributed by atoms with Gasteiger partial charge in [0.1, 0.15) is 0 Å². The number of nitrogens with zero attached hydrogens (tertiary/aromatic N) is 2. The van der Waals surface area contributed by atoms with Crippen LogP contribution in [0, 0.1) is 0 Å². The SMILES string of the molecule is c1ccc(N(c2ccccc2)c2ccc3c(-c4cc5ccccc5c5ccccc45)c4cc(N(c5ccccc5)c5ccc6ccccc6c5)ccc4c(-c4cc5ccccc5c5ccccc45)c3c2)cc1. The molecule has 0 aliphatic heterocycles. The monoisotopic (exact) mass is 914 g/mol. The van der Waals surface area contributed by atoms with Crippen molar-refractivity contribution in [2.45, 2.75) is 0 Å². The molecule has 0 aliphatic carbocycles. The van der Waals surface area contributed by atoms with Crippen LogP contribution >= 0.6 is 0 Å². The van der Waals surface area contributed by atoms with Crippen LogP contribution in [0.3, 0.4) is 0 Å². The van der Waals surface area contributed by atoms with E-state index in [1.54, 1.807) is 0 Å². The first kappa shape index (κ1) is 41.5. The number of hydrogen-bond donors (Lipinski definition) is 0. The van der Waals surface area contributed by atoms with E-state index in [-0.39, 0.29) is 0 Å². The summed E-state index contributed by atoms with van der Waals surface area (Å²) in [6, 6.07) is 103. The van der Waals surface area contributed by atoms with E-state index in [1.807, 2.05) is 0 Å². The molecule has 0 saturated carbocycles. The highest BCUT2D eigenvalue weighted by molar-refractivity contribution is 6.29. The van der Waals surface area contributed by atoms with E-state index >= 15 is 0 Å². The van der Waals surface area contributed by atoms with Crippen molar-refractivity contribution >= 4 is 110 Å². The van der Waals surface area contributed by atoms with Gasteiger partial charge in [-0.15, -0.1) is 0 Å². The van der Waals surface area contributed by atoms with Gasteiger partial charge >= 0.3 is 0 Å². The summed E-state index contributed by atoms with van der Waals surface area (Å²) in [6.07, 6.45) is 0. The first-order valence-electron chi connectivity index (χ1n) is 24.8. The zero-order valence-corrected chi connectivity index (χ0v) is 39.5. The van der Waals surface area contributed by atoms with Gasteiger partial charge in [-0.3, -0.25) is 0 Å². The third kappa shape index (κ3) is 6.88. The third-order valence-electron chi connectivity index (χ3n) is 14.7. The molecular weight excluding hydrogens is 869 g/mol. The van der Waals surface area contributed by atoms with Gasteiger partial charge in [-0.25, -0.2) is 0 Å². The smallest absolute Gasteiger partial charge is 0.0468 e. The van der Waals surface area contributed by atoms with Gasteiger partial charge in [0.15, 0.2) is 0 Å². The molecule has 0 heterocycles. The Bertz CT molecular complexity index is 4350. The topological polar surface area (TPSA) is 6.48 Å². The zero-order chi connectivity index (χ0) is 47.5. The maximum atomic E-state index is 2.47. The lowest BCUT2D eigenvalue weighted by Crippen LogP contribution is -2.10. The number of benzene rings is 14. The quantitative estimate of drug-likeness (QED) is 0.111. The van der Waals surface area contributed by atoms with Crippen LogP contribution in [0.2, 0.25) is 0 Å². The fourth-order valence-corrected chi connectivity index (χ4v) is 11.5. The molecule has 14 aromatic rings. The van der Waals surface area contributed by atoms with Crippen LogP contribution in [0.25, 0.3) is 97.7 Å². The van der Waals surface area contributed by atoms with Gasteiger partial charge in [-0.2, -0.15) is 0 Å². The van der Waals surface area contributed by atoms with E-state index in [2.05, 4.69) is 289 Å². The number of rotatable bonds is 8. The van der Waals surface area contributed by atoms with Gasteiger partial charge in [0.2, 0.25) is 0 Å². The molecule has 2 nitrogen and oxygen atoms in total. The fourth-order valence-electron chi connectivity index (χ4n) is 11.5. The predicted octanol–water partition coefficient (Wildman–Crippen LogP) is 20.0. The van der Waals surface area contributed by atoms with Crippen LogP contribution in [0.15, 0.2) is 279 Å². The second kappa shape index (κ2) is 17.2. The lowest BCUT2D eigenvalue weighted by atomic mass is 9.82. The Morgan fingerprint density at radius 2 is 0.500 bits per heavy atom. The average Bonchev–Trinajstić information content (AvgIpc) is 3.45. The van der Waals surface area contributed by atoms with Gasteiger partial charge in [-0.05, 0) is 183 Å². The molecule has 336 valence electrons. The molecule has 0 radical (unpaired) electrons. The Morgan fingerprint density at radius 3 is 0.958 bits per heavy atom. The first-order valence-corrected chi connectivity index (χ1v) is 24.8. The number of fused-ring (bicyclic) bond motifs is 9. The van der Waals surface area contributed by atoms with E-state index in [1.165, 1.54) is 97.7 Å². The van der Waals surface area contributed by atoms with Gasteiger partial charge < -0.3 is 9.80 Å². The van der Waals surface area contributed by atoms with Crippen molar-refractivity contribution in [3.63, 3.8) is 0 Å². The molecule has 14 rings (SSSR count). The Kier molecular flexibility index (Phi) is 9.89. The average molecular weight is 915 g/mol. The Labute approximate surface area is 418 Å². The zero-order valence-electron chi connectivity index (χ0n) is 39.5. The van der Waals surface area contributed by atoms with Crippen molar-refractivity contribution in [1.29, 1.82) is 0 Å². The second-order valence-corrected chi connectivity index (χ2v) is 18.8. The normalized spacial score (nSPS) is 11.6. The molecule has 0 fully saturated rings. The lowest BCUT2D eigenvalue weighted by molar-refractivity contribution is 1.29. The molecule has 72 heavy (non-hydrogen) atoms. The van der Waals surface area contributed by atoms with E-state index < -0.39 is 0 Å². The van der Waals surface area contributed by atoms with E-state index in [4.69, 9.17) is 0 Å². The summed E-state index contributed by atoms with van der Waals surface area (Å²) in [4.78, 5) is 4.81. The van der Waals surface area contributed by atoms with E-state index in [9.17, 15) is 0 Å². The molecule has 0 saturated heterocycles.